The van der Waals surface area contributed by atoms with Crippen molar-refractivity contribution in [1.82, 2.24) is 0 Å². The Hall–Kier alpha value is -1.46. The highest BCUT2D eigenvalue weighted by molar-refractivity contribution is 9.10. The summed E-state index contributed by atoms with van der Waals surface area (Å²) in [4.78, 5) is 0. The Morgan fingerprint density at radius 3 is 2.71 bits per heavy atom. The summed E-state index contributed by atoms with van der Waals surface area (Å²) in [5.74, 6) is -0.650. The van der Waals surface area contributed by atoms with E-state index in [0.29, 0.717) is 18.6 Å². The zero-order valence-corrected chi connectivity index (χ0v) is 13.0. The van der Waals surface area contributed by atoms with Crippen molar-refractivity contribution in [2.45, 2.75) is 18.4 Å². The maximum absolute atomic E-state index is 14.4. The first-order valence-corrected chi connectivity index (χ1v) is 7.37. The predicted molar refractivity (Wildman–Crippen MR) is 80.3 cm³/mol. The molecule has 2 N–H and O–H groups in total. The lowest BCUT2D eigenvalue weighted by Gasteiger charge is -2.27. The molecule has 1 atom stereocenters. The molecule has 2 aromatic carbocycles. The van der Waals surface area contributed by atoms with Gasteiger partial charge in [0, 0.05) is 5.56 Å². The fourth-order valence-electron chi connectivity index (χ4n) is 2.98. The predicted octanol–water partition coefficient (Wildman–Crippen LogP) is 3.88. The zero-order chi connectivity index (χ0) is 15.2. The molecule has 0 radical (unpaired) electrons. The third-order valence-corrected chi connectivity index (χ3v) is 4.69. The molecule has 1 aliphatic carbocycles. The molecule has 0 saturated carbocycles. The first-order chi connectivity index (χ1) is 9.97. The van der Waals surface area contributed by atoms with E-state index in [1.165, 1.54) is 12.1 Å². The quantitative estimate of drug-likeness (QED) is 0.831. The summed E-state index contributed by atoms with van der Waals surface area (Å²) in [5.41, 5.74) is 6.87. The van der Waals surface area contributed by atoms with Crippen molar-refractivity contribution in [3.63, 3.8) is 0 Å². The molecule has 0 bridgehead atoms. The molecule has 3 rings (SSSR count). The average molecular weight is 354 g/mol. The van der Waals surface area contributed by atoms with Crippen LogP contribution in [0, 0.1) is 11.6 Å². The fourth-order valence-corrected chi connectivity index (χ4v) is 3.31. The first-order valence-electron chi connectivity index (χ1n) is 6.57. The molecule has 5 heteroatoms. The van der Waals surface area contributed by atoms with E-state index in [4.69, 9.17) is 10.5 Å². The van der Waals surface area contributed by atoms with Crippen molar-refractivity contribution >= 4 is 15.9 Å². The average Bonchev–Trinajstić information content (AvgIpc) is 2.81. The van der Waals surface area contributed by atoms with Crippen LogP contribution in [0.1, 0.15) is 23.1 Å². The Morgan fingerprint density at radius 2 is 2.00 bits per heavy atom. The minimum absolute atomic E-state index is 0.0936. The summed E-state index contributed by atoms with van der Waals surface area (Å²) in [6.45, 7) is 0. The molecule has 1 aliphatic rings. The van der Waals surface area contributed by atoms with Gasteiger partial charge in [-0.1, -0.05) is 6.07 Å². The van der Waals surface area contributed by atoms with Crippen LogP contribution in [0.4, 0.5) is 8.78 Å². The summed E-state index contributed by atoms with van der Waals surface area (Å²) in [7, 11) is 1.55. The molecule has 0 fully saturated rings. The van der Waals surface area contributed by atoms with E-state index in [0.717, 1.165) is 11.1 Å². The maximum atomic E-state index is 14.4. The number of hydrogen-bond acceptors (Lipinski definition) is 2. The van der Waals surface area contributed by atoms with Crippen molar-refractivity contribution in [2.24, 2.45) is 5.73 Å². The number of ether oxygens (including phenoxy) is 1. The number of methoxy groups -OCH3 is 1. The molecule has 0 aromatic heterocycles. The Kier molecular flexibility index (Phi) is 3.50. The van der Waals surface area contributed by atoms with E-state index in [2.05, 4.69) is 15.9 Å². The van der Waals surface area contributed by atoms with Crippen molar-refractivity contribution in [3.05, 3.63) is 63.1 Å². The normalized spacial score (nSPS) is 20.4. The monoisotopic (exact) mass is 353 g/mol. The molecule has 0 amide bonds. The second-order valence-corrected chi connectivity index (χ2v) is 6.07. The molecule has 0 aliphatic heterocycles. The molecule has 2 aromatic rings. The van der Waals surface area contributed by atoms with Gasteiger partial charge in [0.1, 0.15) is 17.4 Å². The van der Waals surface area contributed by atoms with Crippen LogP contribution < -0.4 is 10.5 Å². The second kappa shape index (κ2) is 5.07. The van der Waals surface area contributed by atoms with Gasteiger partial charge in [-0.05, 0) is 64.2 Å². The van der Waals surface area contributed by atoms with Gasteiger partial charge in [0.05, 0.1) is 17.1 Å². The lowest BCUT2D eigenvalue weighted by molar-refractivity contribution is 0.411. The molecular formula is C16H14BrF2NO. The van der Waals surface area contributed by atoms with Crippen LogP contribution >= 0.6 is 15.9 Å². The summed E-state index contributed by atoms with van der Waals surface area (Å²) in [6.07, 6.45) is 1.14. The highest BCUT2D eigenvalue weighted by Crippen LogP contribution is 2.44. The van der Waals surface area contributed by atoms with Gasteiger partial charge in [-0.25, -0.2) is 8.78 Å². The number of fused-ring (bicyclic) bond motifs is 1. The van der Waals surface area contributed by atoms with Crippen molar-refractivity contribution < 1.29 is 13.5 Å². The topological polar surface area (TPSA) is 35.2 Å². The van der Waals surface area contributed by atoms with Crippen LogP contribution in [0.2, 0.25) is 0 Å². The lowest BCUT2D eigenvalue weighted by atomic mass is 9.84. The standard InChI is InChI=1S/C16H14BrF2NO/c1-21-10-3-2-9-6-7-16(20,11(9)8-10)14-13(18)5-4-12(17)15(14)19/h2-5,8H,6-7,20H2,1H3. The van der Waals surface area contributed by atoms with Crippen LogP contribution in [0.5, 0.6) is 5.75 Å². The maximum Gasteiger partial charge on any atom is 0.145 e. The number of nitrogens with two attached hydrogens (primary N) is 1. The van der Waals surface area contributed by atoms with Crippen LogP contribution in [0.15, 0.2) is 34.8 Å². The highest BCUT2D eigenvalue weighted by Gasteiger charge is 2.41. The Morgan fingerprint density at radius 1 is 1.24 bits per heavy atom. The van der Waals surface area contributed by atoms with Crippen molar-refractivity contribution in [1.29, 1.82) is 0 Å². The Labute approximate surface area is 130 Å². The minimum atomic E-state index is -1.18. The zero-order valence-electron chi connectivity index (χ0n) is 11.4. The summed E-state index contributed by atoms with van der Waals surface area (Å²) in [6, 6.07) is 8.07. The van der Waals surface area contributed by atoms with Gasteiger partial charge in [-0.3, -0.25) is 0 Å². The van der Waals surface area contributed by atoms with Gasteiger partial charge in [0.25, 0.3) is 0 Å². The molecule has 0 spiro atoms. The Balaban J connectivity index is 2.24. The number of aryl methyl sites for hydroxylation is 1. The fraction of sp³-hybridized carbons (Fsp3) is 0.250. The highest BCUT2D eigenvalue weighted by atomic mass is 79.9. The van der Waals surface area contributed by atoms with E-state index < -0.39 is 17.2 Å². The lowest BCUT2D eigenvalue weighted by Crippen LogP contribution is -2.37. The minimum Gasteiger partial charge on any atom is -0.497 e. The number of benzene rings is 2. The van der Waals surface area contributed by atoms with Gasteiger partial charge in [-0.2, -0.15) is 0 Å². The summed E-state index contributed by atoms with van der Waals surface area (Å²) in [5, 5.41) is 0. The molecule has 21 heavy (non-hydrogen) atoms. The summed E-state index contributed by atoms with van der Waals surface area (Å²) < 4.78 is 34.1. The van der Waals surface area contributed by atoms with Crippen molar-refractivity contribution in [2.75, 3.05) is 7.11 Å². The SMILES string of the molecule is COc1ccc2c(c1)C(N)(c1c(F)ccc(Br)c1F)CC2. The third kappa shape index (κ3) is 2.15. The summed E-state index contributed by atoms with van der Waals surface area (Å²) >= 11 is 3.10. The van der Waals surface area contributed by atoms with E-state index in [9.17, 15) is 8.78 Å². The van der Waals surface area contributed by atoms with Gasteiger partial charge in [0.15, 0.2) is 0 Å². The number of halogens is 3. The van der Waals surface area contributed by atoms with Crippen LogP contribution in [-0.2, 0) is 12.0 Å². The molecular weight excluding hydrogens is 340 g/mol. The van der Waals surface area contributed by atoms with Gasteiger partial charge < -0.3 is 10.5 Å². The van der Waals surface area contributed by atoms with Gasteiger partial charge >= 0.3 is 0 Å². The smallest absolute Gasteiger partial charge is 0.145 e. The van der Waals surface area contributed by atoms with Crippen LogP contribution in [-0.4, -0.2) is 7.11 Å². The van der Waals surface area contributed by atoms with Crippen LogP contribution in [0.3, 0.4) is 0 Å². The van der Waals surface area contributed by atoms with Crippen LogP contribution in [0.25, 0.3) is 0 Å². The molecule has 0 heterocycles. The Bertz CT molecular complexity index is 720. The van der Waals surface area contributed by atoms with Crippen molar-refractivity contribution in [3.8, 4) is 5.75 Å². The third-order valence-electron chi connectivity index (χ3n) is 4.08. The number of rotatable bonds is 2. The second-order valence-electron chi connectivity index (χ2n) is 5.21. The molecule has 1 unspecified atom stereocenters. The van der Waals surface area contributed by atoms with E-state index in [-0.39, 0.29) is 10.0 Å². The molecule has 110 valence electrons. The van der Waals surface area contributed by atoms with Gasteiger partial charge in [0.2, 0.25) is 0 Å². The molecule has 0 saturated heterocycles. The number of hydrogen-bond donors (Lipinski definition) is 1. The van der Waals surface area contributed by atoms with E-state index in [1.807, 2.05) is 12.1 Å². The van der Waals surface area contributed by atoms with E-state index in [1.54, 1.807) is 13.2 Å². The van der Waals surface area contributed by atoms with Gasteiger partial charge in [-0.15, -0.1) is 0 Å². The largest absolute Gasteiger partial charge is 0.497 e. The first kappa shape index (κ1) is 14.5. The van der Waals surface area contributed by atoms with E-state index >= 15 is 0 Å². The molecule has 2 nitrogen and oxygen atoms in total.